The smallest absolute Gasteiger partial charge is 0.323 e. The maximum Gasteiger partial charge on any atom is 0.323 e. The predicted octanol–water partition coefficient (Wildman–Crippen LogP) is 2.11. The van der Waals surface area contributed by atoms with E-state index in [-0.39, 0.29) is 32.1 Å². The SMILES string of the molecule is O=C(O)CN(CC(=O)O)C(=O)Cn1ccnc1CN(CCc1ccc(NS(=O)O)cc1)Cc1nccn1CC(=O)Nc1cccc(I)c1. The lowest BCUT2D eigenvalue weighted by atomic mass is 10.1. The van der Waals surface area contributed by atoms with E-state index in [1.807, 2.05) is 35.2 Å². The summed E-state index contributed by atoms with van der Waals surface area (Å²) in [5.41, 5.74) is 2.09. The number of hydrogen-bond acceptors (Lipinski definition) is 8. The zero-order chi connectivity index (χ0) is 34.6. The number of imidazole rings is 2. The van der Waals surface area contributed by atoms with Crippen molar-refractivity contribution in [1.82, 2.24) is 28.9 Å². The number of aliphatic carboxylic acids is 2. The van der Waals surface area contributed by atoms with E-state index < -0.39 is 42.2 Å². The fraction of sp³-hybridized carbons (Fsp3) is 0.267. The van der Waals surface area contributed by atoms with Gasteiger partial charge in [-0.1, -0.05) is 18.2 Å². The van der Waals surface area contributed by atoms with Crippen LogP contribution in [-0.2, 0) is 63.0 Å². The molecule has 0 spiro atoms. The normalized spacial score (nSPS) is 11.6. The largest absolute Gasteiger partial charge is 0.480 e. The van der Waals surface area contributed by atoms with E-state index in [9.17, 15) is 23.4 Å². The van der Waals surface area contributed by atoms with Crippen LogP contribution in [0.2, 0.25) is 0 Å². The molecule has 0 radical (unpaired) electrons. The summed E-state index contributed by atoms with van der Waals surface area (Å²) >= 11 is -0.0303. The number of carboxylic acids is 2. The van der Waals surface area contributed by atoms with E-state index in [1.54, 1.807) is 41.4 Å². The van der Waals surface area contributed by atoms with Crippen LogP contribution in [0.1, 0.15) is 17.2 Å². The molecule has 0 aliphatic carbocycles. The van der Waals surface area contributed by atoms with Crippen LogP contribution >= 0.6 is 22.6 Å². The van der Waals surface area contributed by atoms with Crippen molar-refractivity contribution in [2.45, 2.75) is 32.6 Å². The first-order valence-corrected chi connectivity index (χ1v) is 16.6. The molecule has 2 amide bonds. The Morgan fingerprint density at radius 1 is 0.854 bits per heavy atom. The highest BCUT2D eigenvalue weighted by Gasteiger charge is 2.22. The van der Waals surface area contributed by atoms with E-state index in [0.717, 1.165) is 14.0 Å². The first kappa shape index (κ1) is 36.2. The highest BCUT2D eigenvalue weighted by Crippen LogP contribution is 2.15. The Balaban J connectivity index is 1.51. The molecule has 0 fully saturated rings. The van der Waals surface area contributed by atoms with Crippen LogP contribution in [0.4, 0.5) is 11.4 Å². The van der Waals surface area contributed by atoms with Crippen molar-refractivity contribution in [2.24, 2.45) is 0 Å². The highest BCUT2D eigenvalue weighted by atomic mass is 127. The van der Waals surface area contributed by atoms with Crippen molar-refractivity contribution in [3.05, 3.63) is 94.1 Å². The van der Waals surface area contributed by atoms with E-state index >= 15 is 0 Å². The second-order valence-corrected chi connectivity index (χ2v) is 12.5. The molecule has 5 N–H and O–H groups in total. The summed E-state index contributed by atoms with van der Waals surface area (Å²) in [6.07, 6.45) is 6.91. The van der Waals surface area contributed by atoms with Gasteiger partial charge in [-0.05, 0) is 64.9 Å². The van der Waals surface area contributed by atoms with Crippen molar-refractivity contribution in [3.63, 3.8) is 0 Å². The van der Waals surface area contributed by atoms with Gasteiger partial charge in [0.25, 0.3) is 11.3 Å². The van der Waals surface area contributed by atoms with Crippen LogP contribution < -0.4 is 10.0 Å². The summed E-state index contributed by atoms with van der Waals surface area (Å²) < 4.78 is 26.8. The Bertz CT molecular complexity index is 1750. The number of halogens is 1. The molecule has 0 aliphatic rings. The van der Waals surface area contributed by atoms with E-state index in [4.69, 9.17) is 14.8 Å². The average Bonchev–Trinajstić information content (AvgIpc) is 3.64. The molecule has 16 nitrogen and oxygen atoms in total. The fourth-order valence-corrected chi connectivity index (χ4v) is 5.62. The number of aromatic nitrogens is 4. The summed E-state index contributed by atoms with van der Waals surface area (Å²) in [5, 5.41) is 21.2. The molecule has 2 heterocycles. The van der Waals surface area contributed by atoms with Gasteiger partial charge in [-0.25, -0.2) is 14.2 Å². The summed E-state index contributed by atoms with van der Waals surface area (Å²) in [4.78, 5) is 59.9. The van der Waals surface area contributed by atoms with Crippen LogP contribution in [0.3, 0.4) is 0 Å². The summed E-state index contributed by atoms with van der Waals surface area (Å²) in [6.45, 7) is -0.836. The molecular weight excluding hydrogens is 759 g/mol. The van der Waals surface area contributed by atoms with Crippen LogP contribution in [0.25, 0.3) is 0 Å². The van der Waals surface area contributed by atoms with Gasteiger partial charge in [-0.2, -0.15) is 0 Å². The molecule has 0 bridgehead atoms. The number of benzene rings is 2. The standard InChI is InChI=1S/C30H33IN8O8S/c31-22-2-1-3-24(14-22)34-27(40)17-37-12-9-32-25(37)15-36(11-8-21-4-6-23(7-5-21)35-48(46)47)16-26-33-10-13-38(26)18-28(41)39(19-29(42)43)20-30(44)45/h1-7,9-10,12-14,35H,8,11,15-20H2,(H,34,40)(H,42,43)(H,44,45)(H,46,47). The molecule has 0 saturated heterocycles. The number of nitrogens with one attached hydrogen (secondary N) is 2. The lowest BCUT2D eigenvalue weighted by Gasteiger charge is -2.24. The molecule has 4 rings (SSSR count). The van der Waals surface area contributed by atoms with Gasteiger partial charge in [0, 0.05) is 46.3 Å². The highest BCUT2D eigenvalue weighted by molar-refractivity contribution is 14.1. The minimum absolute atomic E-state index is 0.0153. The third-order valence-corrected chi connectivity index (χ3v) is 8.02. The van der Waals surface area contributed by atoms with Gasteiger partial charge in [-0.15, -0.1) is 0 Å². The fourth-order valence-electron chi connectivity index (χ4n) is 4.74. The number of hydrogen-bond donors (Lipinski definition) is 5. The lowest BCUT2D eigenvalue weighted by molar-refractivity contribution is -0.149. The average molecular weight is 793 g/mol. The van der Waals surface area contributed by atoms with Gasteiger partial charge in [0.15, 0.2) is 0 Å². The Morgan fingerprint density at radius 3 is 2.02 bits per heavy atom. The molecule has 4 aromatic rings. The van der Waals surface area contributed by atoms with Crippen LogP contribution in [0.15, 0.2) is 73.3 Å². The zero-order valence-electron chi connectivity index (χ0n) is 25.4. The minimum atomic E-state index is -2.20. The quantitative estimate of drug-likeness (QED) is 0.0728. The van der Waals surface area contributed by atoms with Crippen LogP contribution in [-0.4, -0.2) is 91.3 Å². The van der Waals surface area contributed by atoms with Gasteiger partial charge >= 0.3 is 11.9 Å². The van der Waals surface area contributed by atoms with E-state index in [0.29, 0.717) is 36.0 Å². The summed E-state index contributed by atoms with van der Waals surface area (Å²) in [5.74, 6) is -2.54. The Labute approximate surface area is 291 Å². The lowest BCUT2D eigenvalue weighted by Crippen LogP contribution is -2.41. The summed E-state index contributed by atoms with van der Waals surface area (Å²) in [7, 11) is 0. The Kier molecular flexibility index (Phi) is 13.2. The third-order valence-electron chi connectivity index (χ3n) is 6.94. The second kappa shape index (κ2) is 17.5. The number of carboxylic acid groups (broad SMARTS) is 2. The van der Waals surface area contributed by atoms with Gasteiger partial charge in [-0.3, -0.25) is 33.4 Å². The number of rotatable bonds is 18. The van der Waals surface area contributed by atoms with Crippen molar-refractivity contribution in [1.29, 1.82) is 0 Å². The molecular formula is C30H33IN8O8S. The first-order chi connectivity index (χ1) is 22.9. The molecule has 254 valence electrons. The number of carbonyl (C=O) groups is 4. The van der Waals surface area contributed by atoms with Gasteiger partial charge in [0.05, 0.1) is 13.1 Å². The molecule has 0 aliphatic heterocycles. The van der Waals surface area contributed by atoms with Crippen LogP contribution in [0.5, 0.6) is 0 Å². The Morgan fingerprint density at radius 2 is 1.46 bits per heavy atom. The molecule has 1 atom stereocenters. The maximum atomic E-state index is 12.9. The van der Waals surface area contributed by atoms with Gasteiger partial charge in [0.1, 0.15) is 37.8 Å². The maximum absolute atomic E-state index is 12.9. The van der Waals surface area contributed by atoms with E-state index in [2.05, 4.69) is 42.6 Å². The number of nitrogens with zero attached hydrogens (tertiary/aromatic N) is 6. The van der Waals surface area contributed by atoms with Crippen molar-refractivity contribution in [3.8, 4) is 0 Å². The number of anilines is 2. The first-order valence-electron chi connectivity index (χ1n) is 14.4. The molecule has 2 aromatic carbocycles. The zero-order valence-corrected chi connectivity index (χ0v) is 28.4. The topological polar surface area (TPSA) is 212 Å². The second-order valence-electron chi connectivity index (χ2n) is 10.5. The van der Waals surface area contributed by atoms with Gasteiger partial charge < -0.3 is 29.6 Å². The molecule has 48 heavy (non-hydrogen) atoms. The van der Waals surface area contributed by atoms with Crippen molar-refractivity contribution >= 4 is 69.0 Å². The monoisotopic (exact) mass is 792 g/mol. The number of amides is 2. The van der Waals surface area contributed by atoms with Crippen LogP contribution in [0, 0.1) is 3.57 Å². The predicted molar refractivity (Wildman–Crippen MR) is 183 cm³/mol. The molecule has 18 heteroatoms. The van der Waals surface area contributed by atoms with Crippen molar-refractivity contribution < 1.29 is 38.2 Å². The number of carbonyl (C=O) groups excluding carboxylic acids is 2. The van der Waals surface area contributed by atoms with Crippen molar-refractivity contribution in [2.75, 3.05) is 29.7 Å². The van der Waals surface area contributed by atoms with Gasteiger partial charge in [0.2, 0.25) is 11.8 Å². The molecule has 0 saturated carbocycles. The summed E-state index contributed by atoms with van der Waals surface area (Å²) in [6, 6.07) is 14.4. The van der Waals surface area contributed by atoms with E-state index in [1.165, 1.54) is 10.8 Å². The molecule has 2 aromatic heterocycles. The third kappa shape index (κ3) is 11.5. The minimum Gasteiger partial charge on any atom is -0.480 e. The Hall–Kier alpha value is -4.66. The molecule has 1 unspecified atom stereocenters.